The zero-order valence-electron chi connectivity index (χ0n) is 18.4. The fourth-order valence-electron chi connectivity index (χ4n) is 4.24. The first-order valence-corrected chi connectivity index (χ1v) is 11.4. The Hall–Kier alpha value is -3.66. The summed E-state index contributed by atoms with van der Waals surface area (Å²) >= 11 is 1.49. The van der Waals surface area contributed by atoms with Gasteiger partial charge in [-0.3, -0.25) is 19.3 Å². The number of pyridine rings is 1. The Bertz CT molecular complexity index is 1380. The second-order valence-electron chi connectivity index (χ2n) is 8.18. The van der Waals surface area contributed by atoms with Crippen LogP contribution < -0.4 is 15.2 Å². The Morgan fingerprint density at radius 2 is 1.94 bits per heavy atom. The van der Waals surface area contributed by atoms with Crippen molar-refractivity contribution < 1.29 is 23.4 Å². The number of aryl methyl sites for hydroxylation is 2. The van der Waals surface area contributed by atoms with Gasteiger partial charge in [0.1, 0.15) is 19.3 Å². The maximum Gasteiger partial charge on any atom is 0.278 e. The average molecular weight is 486 g/mol. The minimum absolute atomic E-state index is 0.0271. The number of rotatable bonds is 1. The SMILES string of the molecule is Cc1cc([C@H]2c3ccc(F)c(F)c3OC/C=C\CN3CN2n2ccc(=O)c(O)c2C3=O)sc1C. The molecule has 176 valence electrons. The first-order chi connectivity index (χ1) is 16.3. The van der Waals surface area contributed by atoms with Crippen LogP contribution in [0.15, 0.2) is 47.4 Å². The number of fused-ring (bicyclic) bond motifs is 5. The first kappa shape index (κ1) is 22.1. The topological polar surface area (TPSA) is 75.0 Å². The maximum absolute atomic E-state index is 15.0. The number of benzene rings is 1. The lowest BCUT2D eigenvalue weighted by Gasteiger charge is -2.43. The predicted octanol–water partition coefficient (Wildman–Crippen LogP) is 3.60. The number of carbonyl (C=O) groups is 1. The van der Waals surface area contributed by atoms with Gasteiger partial charge in [0.15, 0.2) is 23.0 Å². The predicted molar refractivity (Wildman–Crippen MR) is 123 cm³/mol. The van der Waals surface area contributed by atoms with E-state index >= 15 is 4.39 Å². The van der Waals surface area contributed by atoms with Gasteiger partial charge in [0.05, 0.1) is 0 Å². The third-order valence-corrected chi connectivity index (χ3v) is 7.29. The highest BCUT2D eigenvalue weighted by atomic mass is 32.1. The summed E-state index contributed by atoms with van der Waals surface area (Å²) in [4.78, 5) is 28.7. The van der Waals surface area contributed by atoms with Gasteiger partial charge in [-0.25, -0.2) is 4.39 Å². The fraction of sp³-hybridized carbons (Fsp3) is 0.250. The summed E-state index contributed by atoms with van der Waals surface area (Å²) in [5.41, 5.74) is 0.506. The minimum Gasteiger partial charge on any atom is -0.502 e. The van der Waals surface area contributed by atoms with E-state index in [2.05, 4.69) is 0 Å². The van der Waals surface area contributed by atoms with Crippen LogP contribution >= 0.6 is 11.3 Å². The number of aromatic nitrogens is 1. The van der Waals surface area contributed by atoms with Crippen LogP contribution in [0.25, 0.3) is 0 Å². The molecule has 4 heterocycles. The van der Waals surface area contributed by atoms with Crippen LogP contribution in [0, 0.1) is 25.5 Å². The van der Waals surface area contributed by atoms with Crippen LogP contribution in [-0.4, -0.2) is 40.4 Å². The Morgan fingerprint density at radius 3 is 2.68 bits per heavy atom. The van der Waals surface area contributed by atoms with Crippen molar-refractivity contribution in [1.82, 2.24) is 9.58 Å². The molecule has 1 amide bonds. The van der Waals surface area contributed by atoms with E-state index in [9.17, 15) is 19.1 Å². The van der Waals surface area contributed by atoms with Gasteiger partial charge < -0.3 is 14.7 Å². The minimum atomic E-state index is -1.10. The lowest BCUT2D eigenvalue weighted by atomic mass is 10.0. The van der Waals surface area contributed by atoms with Crippen molar-refractivity contribution in [2.75, 3.05) is 24.8 Å². The van der Waals surface area contributed by atoms with E-state index in [1.165, 1.54) is 33.2 Å². The van der Waals surface area contributed by atoms with Gasteiger partial charge in [-0.15, -0.1) is 11.3 Å². The highest BCUT2D eigenvalue weighted by molar-refractivity contribution is 7.12. The molecule has 5 rings (SSSR count). The Kier molecular flexibility index (Phi) is 5.40. The Morgan fingerprint density at radius 1 is 1.15 bits per heavy atom. The fourth-order valence-corrected chi connectivity index (χ4v) is 5.41. The summed E-state index contributed by atoms with van der Waals surface area (Å²) in [5.74, 6) is -3.55. The van der Waals surface area contributed by atoms with Gasteiger partial charge in [0, 0.05) is 34.1 Å². The number of carbonyl (C=O) groups excluding carboxylic acids is 1. The summed E-state index contributed by atoms with van der Waals surface area (Å²) in [6, 6.07) is 4.92. The van der Waals surface area contributed by atoms with Crippen LogP contribution in [0.5, 0.6) is 11.5 Å². The molecular formula is C24H21F2N3O4S. The summed E-state index contributed by atoms with van der Waals surface area (Å²) < 4.78 is 36.3. The smallest absolute Gasteiger partial charge is 0.278 e. The number of halogens is 2. The van der Waals surface area contributed by atoms with E-state index in [0.29, 0.717) is 5.56 Å². The Labute approximate surface area is 197 Å². The van der Waals surface area contributed by atoms with E-state index in [1.807, 2.05) is 19.9 Å². The number of nitrogens with zero attached hydrogens (tertiary/aromatic N) is 3. The molecule has 2 bridgehead atoms. The molecule has 0 unspecified atom stereocenters. The molecule has 0 saturated heterocycles. The molecule has 1 aromatic carbocycles. The molecule has 0 aliphatic carbocycles. The molecule has 1 N–H and O–H groups in total. The second-order valence-corrected chi connectivity index (χ2v) is 9.47. The molecule has 2 aliphatic heterocycles. The van der Waals surface area contributed by atoms with Crippen molar-refractivity contribution >= 4 is 17.2 Å². The molecule has 7 nitrogen and oxygen atoms in total. The molecule has 0 radical (unpaired) electrons. The summed E-state index contributed by atoms with van der Waals surface area (Å²) in [6.45, 7) is 4.13. The zero-order chi connectivity index (χ0) is 24.1. The van der Waals surface area contributed by atoms with E-state index in [4.69, 9.17) is 4.74 Å². The number of aromatic hydroxyl groups is 1. The van der Waals surface area contributed by atoms with Crippen LogP contribution in [-0.2, 0) is 0 Å². The molecule has 1 atom stereocenters. The van der Waals surface area contributed by atoms with Crippen molar-refractivity contribution in [2.45, 2.75) is 19.9 Å². The van der Waals surface area contributed by atoms with Crippen LogP contribution in [0.2, 0.25) is 0 Å². The van der Waals surface area contributed by atoms with Crippen LogP contribution in [0.3, 0.4) is 0 Å². The third-order valence-electron chi connectivity index (χ3n) is 6.08. The zero-order valence-corrected chi connectivity index (χ0v) is 19.2. The van der Waals surface area contributed by atoms with E-state index < -0.39 is 34.8 Å². The molecule has 2 aliphatic rings. The maximum atomic E-state index is 15.0. The Balaban J connectivity index is 1.84. The molecule has 34 heavy (non-hydrogen) atoms. The highest BCUT2D eigenvalue weighted by Gasteiger charge is 2.38. The number of amides is 1. The molecule has 10 heteroatoms. The lowest BCUT2D eigenvalue weighted by Crippen LogP contribution is -2.55. The van der Waals surface area contributed by atoms with Gasteiger partial charge in [0.25, 0.3) is 5.91 Å². The molecule has 3 aromatic rings. The van der Waals surface area contributed by atoms with Gasteiger partial charge in [0.2, 0.25) is 11.2 Å². The number of ether oxygens (including phenoxy) is 1. The molecular weight excluding hydrogens is 464 g/mol. The van der Waals surface area contributed by atoms with Crippen molar-refractivity contribution in [3.63, 3.8) is 0 Å². The normalized spacial score (nSPS) is 18.6. The van der Waals surface area contributed by atoms with Crippen molar-refractivity contribution in [2.24, 2.45) is 0 Å². The van der Waals surface area contributed by atoms with E-state index in [-0.39, 0.29) is 31.3 Å². The quantitative estimate of drug-likeness (QED) is 0.533. The molecule has 0 spiro atoms. The summed E-state index contributed by atoms with van der Waals surface area (Å²) in [5, 5.41) is 12.3. The standard InChI is InChI=1S/C24H21F2N3O4S/c1-13-11-18(34-14(13)2)20-15-5-6-16(25)19(26)23(15)33-10-4-3-8-27-12-29(20)28-9-7-17(30)22(31)21(28)24(27)32/h3-7,9,11,20,31H,8,10,12H2,1-2H3/b4-3-/t20-/m1/s1. The highest BCUT2D eigenvalue weighted by Crippen LogP contribution is 2.41. The molecule has 0 saturated carbocycles. The largest absolute Gasteiger partial charge is 0.502 e. The van der Waals surface area contributed by atoms with Gasteiger partial charge in [-0.2, -0.15) is 4.39 Å². The van der Waals surface area contributed by atoms with Gasteiger partial charge in [-0.1, -0.05) is 6.08 Å². The summed E-state index contributed by atoms with van der Waals surface area (Å²) in [6.07, 6.45) is 4.68. The number of thiophene rings is 1. The first-order valence-electron chi connectivity index (χ1n) is 10.6. The van der Waals surface area contributed by atoms with Crippen LogP contribution in [0.1, 0.15) is 37.4 Å². The lowest BCUT2D eigenvalue weighted by molar-refractivity contribution is 0.0701. The summed E-state index contributed by atoms with van der Waals surface area (Å²) in [7, 11) is 0. The average Bonchev–Trinajstić information content (AvgIpc) is 3.12. The number of hydrogen-bond donors (Lipinski definition) is 1. The van der Waals surface area contributed by atoms with E-state index in [0.717, 1.165) is 27.5 Å². The van der Waals surface area contributed by atoms with E-state index in [1.54, 1.807) is 17.2 Å². The van der Waals surface area contributed by atoms with Crippen molar-refractivity contribution in [3.05, 3.63) is 91.0 Å². The second kappa shape index (κ2) is 8.28. The monoisotopic (exact) mass is 485 g/mol. The molecule has 2 aromatic heterocycles. The van der Waals surface area contributed by atoms with Crippen molar-refractivity contribution in [1.29, 1.82) is 0 Å². The van der Waals surface area contributed by atoms with Crippen molar-refractivity contribution in [3.8, 4) is 11.5 Å². The van der Waals surface area contributed by atoms with Gasteiger partial charge >= 0.3 is 0 Å². The van der Waals surface area contributed by atoms with Gasteiger partial charge in [-0.05, 0) is 43.7 Å². The third kappa shape index (κ3) is 3.45. The number of hydrogen-bond acceptors (Lipinski definition) is 6. The van der Waals surface area contributed by atoms with Crippen LogP contribution in [0.4, 0.5) is 8.78 Å². The molecule has 0 fully saturated rings.